The molecule has 0 aromatic heterocycles. The topological polar surface area (TPSA) is 64.3 Å². The molecule has 0 radical (unpaired) electrons. The van der Waals surface area contributed by atoms with E-state index in [4.69, 9.17) is 10.5 Å². The molecule has 0 heterocycles. The molecule has 2 rings (SSSR count). The number of hydrogen-bond donors (Lipinski definition) is 2. The van der Waals surface area contributed by atoms with Crippen molar-refractivity contribution in [2.75, 3.05) is 20.3 Å². The van der Waals surface area contributed by atoms with Gasteiger partial charge in [0.15, 0.2) is 0 Å². The summed E-state index contributed by atoms with van der Waals surface area (Å²) < 4.78 is 5.01. The van der Waals surface area contributed by atoms with Gasteiger partial charge in [-0.15, -0.1) is 12.4 Å². The lowest BCUT2D eigenvalue weighted by Crippen LogP contribution is -2.37. The number of halogens is 1. The van der Waals surface area contributed by atoms with Crippen LogP contribution in [0.4, 0.5) is 0 Å². The highest BCUT2D eigenvalue weighted by molar-refractivity contribution is 5.85. The highest BCUT2D eigenvalue weighted by Gasteiger charge is 2.18. The third-order valence-corrected chi connectivity index (χ3v) is 3.59. The number of nitrogens with two attached hydrogens (primary N) is 1. The molecule has 0 aliphatic rings. The zero-order valence-corrected chi connectivity index (χ0v) is 13.7. The fourth-order valence-electron chi connectivity index (χ4n) is 2.34. The van der Waals surface area contributed by atoms with Crippen LogP contribution in [-0.2, 0) is 9.53 Å². The molecule has 2 atom stereocenters. The lowest BCUT2D eigenvalue weighted by molar-refractivity contribution is -0.126. The minimum Gasteiger partial charge on any atom is -0.384 e. The van der Waals surface area contributed by atoms with Crippen LogP contribution in [0.15, 0.2) is 42.5 Å². The largest absolute Gasteiger partial charge is 0.384 e. The molecule has 4 nitrogen and oxygen atoms in total. The Balaban J connectivity index is 0.00000242. The Morgan fingerprint density at radius 2 is 1.91 bits per heavy atom. The number of carbonyl (C=O) groups excluding carboxylic acids is 1. The molecule has 0 spiro atoms. The molecule has 22 heavy (non-hydrogen) atoms. The van der Waals surface area contributed by atoms with Crippen molar-refractivity contribution < 1.29 is 9.53 Å². The molecular formula is C17H23ClN2O2. The third-order valence-electron chi connectivity index (χ3n) is 3.59. The van der Waals surface area contributed by atoms with Crippen molar-refractivity contribution in [2.24, 2.45) is 11.7 Å². The SMILES string of the molecule is COCC(C)C(=O)NC(CN)c1ccc2ccccc2c1.Cl. The van der Waals surface area contributed by atoms with E-state index in [1.807, 2.05) is 25.1 Å². The Kier molecular flexibility index (Phi) is 7.32. The van der Waals surface area contributed by atoms with Crippen molar-refractivity contribution >= 4 is 29.1 Å². The molecular weight excluding hydrogens is 300 g/mol. The predicted octanol–water partition coefficient (Wildman–Crippen LogP) is 2.66. The van der Waals surface area contributed by atoms with Crippen LogP contribution in [-0.4, -0.2) is 26.2 Å². The van der Waals surface area contributed by atoms with Crippen LogP contribution in [0, 0.1) is 5.92 Å². The van der Waals surface area contributed by atoms with Gasteiger partial charge in [-0.1, -0.05) is 43.3 Å². The van der Waals surface area contributed by atoms with Gasteiger partial charge in [-0.3, -0.25) is 4.79 Å². The number of amides is 1. The predicted molar refractivity (Wildman–Crippen MR) is 92.2 cm³/mol. The molecule has 0 aliphatic carbocycles. The van der Waals surface area contributed by atoms with Crippen LogP contribution in [0.2, 0.25) is 0 Å². The van der Waals surface area contributed by atoms with E-state index in [9.17, 15) is 4.79 Å². The Morgan fingerprint density at radius 1 is 1.23 bits per heavy atom. The van der Waals surface area contributed by atoms with Crippen LogP contribution in [0.3, 0.4) is 0 Å². The number of hydrogen-bond acceptors (Lipinski definition) is 3. The fraction of sp³-hybridized carbons (Fsp3) is 0.353. The summed E-state index contributed by atoms with van der Waals surface area (Å²) in [7, 11) is 1.59. The quantitative estimate of drug-likeness (QED) is 0.859. The molecule has 0 fully saturated rings. The maximum absolute atomic E-state index is 12.1. The second kappa shape index (κ2) is 8.73. The Hall–Kier alpha value is -1.62. The summed E-state index contributed by atoms with van der Waals surface area (Å²) in [6.07, 6.45) is 0. The normalized spacial score (nSPS) is 13.2. The van der Waals surface area contributed by atoms with E-state index in [1.165, 1.54) is 5.39 Å². The fourth-order valence-corrected chi connectivity index (χ4v) is 2.34. The maximum atomic E-state index is 12.1. The standard InChI is InChI=1S/C17H22N2O2.ClH/c1-12(11-21-2)17(20)19-16(10-18)15-8-7-13-5-3-4-6-14(13)9-15;/h3-9,12,16H,10-11,18H2,1-2H3,(H,19,20);1H. The molecule has 2 aromatic carbocycles. The molecule has 5 heteroatoms. The molecule has 1 amide bonds. The van der Waals surface area contributed by atoms with Gasteiger partial charge >= 0.3 is 0 Å². The maximum Gasteiger partial charge on any atom is 0.225 e. The average Bonchev–Trinajstić information content (AvgIpc) is 2.52. The monoisotopic (exact) mass is 322 g/mol. The second-order valence-electron chi connectivity index (χ2n) is 5.26. The third kappa shape index (κ3) is 4.44. The van der Waals surface area contributed by atoms with Crippen LogP contribution in [0.1, 0.15) is 18.5 Å². The van der Waals surface area contributed by atoms with Crippen molar-refractivity contribution in [3.05, 3.63) is 48.0 Å². The van der Waals surface area contributed by atoms with E-state index in [2.05, 4.69) is 29.6 Å². The molecule has 2 aromatic rings. The lowest BCUT2D eigenvalue weighted by Gasteiger charge is -2.20. The van der Waals surface area contributed by atoms with E-state index in [0.29, 0.717) is 13.2 Å². The first kappa shape index (κ1) is 18.4. The van der Waals surface area contributed by atoms with E-state index >= 15 is 0 Å². The molecule has 2 unspecified atom stereocenters. The van der Waals surface area contributed by atoms with Crippen molar-refractivity contribution in [2.45, 2.75) is 13.0 Å². The molecule has 0 saturated heterocycles. The first-order chi connectivity index (χ1) is 10.2. The molecule has 120 valence electrons. The number of fused-ring (bicyclic) bond motifs is 1. The first-order valence-electron chi connectivity index (χ1n) is 7.13. The summed E-state index contributed by atoms with van der Waals surface area (Å²) in [4.78, 5) is 12.1. The van der Waals surface area contributed by atoms with Crippen LogP contribution in [0.5, 0.6) is 0 Å². The summed E-state index contributed by atoms with van der Waals surface area (Å²) in [6.45, 7) is 2.61. The average molecular weight is 323 g/mol. The van der Waals surface area contributed by atoms with Crippen molar-refractivity contribution in [1.82, 2.24) is 5.32 Å². The minimum atomic E-state index is -0.190. The Bertz CT molecular complexity index is 618. The summed E-state index contributed by atoms with van der Waals surface area (Å²) in [5.41, 5.74) is 6.85. The van der Waals surface area contributed by atoms with Gasteiger partial charge in [0, 0.05) is 13.7 Å². The Morgan fingerprint density at radius 3 is 2.55 bits per heavy atom. The van der Waals surface area contributed by atoms with Gasteiger partial charge in [-0.25, -0.2) is 0 Å². The van der Waals surface area contributed by atoms with Gasteiger partial charge < -0.3 is 15.8 Å². The van der Waals surface area contributed by atoms with E-state index in [1.54, 1.807) is 7.11 Å². The van der Waals surface area contributed by atoms with Gasteiger partial charge in [0.2, 0.25) is 5.91 Å². The summed E-state index contributed by atoms with van der Waals surface area (Å²) >= 11 is 0. The molecule has 0 saturated carbocycles. The zero-order chi connectivity index (χ0) is 15.2. The smallest absolute Gasteiger partial charge is 0.225 e. The van der Waals surface area contributed by atoms with Gasteiger partial charge in [0.1, 0.15) is 0 Å². The van der Waals surface area contributed by atoms with E-state index in [-0.39, 0.29) is 30.3 Å². The molecule has 3 N–H and O–H groups in total. The Labute approximate surface area is 137 Å². The number of rotatable bonds is 6. The van der Waals surface area contributed by atoms with Gasteiger partial charge in [0.05, 0.1) is 18.6 Å². The number of nitrogens with one attached hydrogen (secondary N) is 1. The number of benzene rings is 2. The van der Waals surface area contributed by atoms with Crippen molar-refractivity contribution in [3.8, 4) is 0 Å². The summed E-state index contributed by atoms with van der Waals surface area (Å²) in [6, 6.07) is 14.1. The lowest BCUT2D eigenvalue weighted by atomic mass is 10.0. The summed E-state index contributed by atoms with van der Waals surface area (Å²) in [5, 5.41) is 5.31. The highest BCUT2D eigenvalue weighted by atomic mass is 35.5. The summed E-state index contributed by atoms with van der Waals surface area (Å²) in [5.74, 6) is -0.232. The van der Waals surface area contributed by atoms with Gasteiger partial charge in [-0.2, -0.15) is 0 Å². The van der Waals surface area contributed by atoms with Gasteiger partial charge in [0.25, 0.3) is 0 Å². The number of ether oxygens (including phenoxy) is 1. The van der Waals surface area contributed by atoms with E-state index < -0.39 is 0 Å². The van der Waals surface area contributed by atoms with E-state index in [0.717, 1.165) is 10.9 Å². The van der Waals surface area contributed by atoms with Crippen LogP contribution >= 0.6 is 12.4 Å². The van der Waals surface area contributed by atoms with Gasteiger partial charge in [-0.05, 0) is 22.4 Å². The number of methoxy groups -OCH3 is 1. The van der Waals surface area contributed by atoms with Crippen LogP contribution < -0.4 is 11.1 Å². The minimum absolute atomic E-state index is 0. The van der Waals surface area contributed by atoms with Crippen molar-refractivity contribution in [3.63, 3.8) is 0 Å². The van der Waals surface area contributed by atoms with Crippen molar-refractivity contribution in [1.29, 1.82) is 0 Å². The first-order valence-corrected chi connectivity index (χ1v) is 7.13. The number of carbonyl (C=O) groups is 1. The zero-order valence-electron chi connectivity index (χ0n) is 12.9. The highest BCUT2D eigenvalue weighted by Crippen LogP contribution is 2.20. The molecule has 0 aliphatic heterocycles. The second-order valence-corrected chi connectivity index (χ2v) is 5.26. The van der Waals surface area contributed by atoms with Crippen LogP contribution in [0.25, 0.3) is 10.8 Å². The molecule has 0 bridgehead atoms.